The molecule has 0 saturated heterocycles. The number of hydrogen-bond acceptors (Lipinski definition) is 4. The molecule has 30 heavy (non-hydrogen) atoms. The zero-order valence-corrected chi connectivity index (χ0v) is 18.1. The largest absolute Gasteiger partial charge is 0.443 e. The second-order valence-electron chi connectivity index (χ2n) is 9.09. The molecule has 156 valence electrons. The average Bonchev–Trinajstić information content (AvgIpc) is 3.07. The van der Waals surface area contributed by atoms with Gasteiger partial charge in [0, 0.05) is 43.0 Å². The molecule has 1 aromatic carbocycles. The van der Waals surface area contributed by atoms with Gasteiger partial charge in [0.15, 0.2) is 0 Å². The molecule has 5 heteroatoms. The molecule has 5 nitrogen and oxygen atoms in total. The maximum atomic E-state index is 12.8. The van der Waals surface area contributed by atoms with Crippen LogP contribution in [0.4, 0.5) is 4.79 Å². The van der Waals surface area contributed by atoms with Crippen molar-refractivity contribution in [3.63, 3.8) is 0 Å². The minimum atomic E-state index is -0.562. The molecule has 0 amide bonds. The summed E-state index contributed by atoms with van der Waals surface area (Å²) in [6.07, 6.45) is 5.52. The second kappa shape index (κ2) is 8.07. The summed E-state index contributed by atoms with van der Waals surface area (Å²) in [4.78, 5) is 19.7. The Morgan fingerprint density at radius 3 is 2.67 bits per heavy atom. The lowest BCUT2D eigenvalue weighted by Gasteiger charge is -2.30. The predicted molar refractivity (Wildman–Crippen MR) is 120 cm³/mol. The van der Waals surface area contributed by atoms with Crippen molar-refractivity contribution in [3.8, 4) is 0 Å². The maximum absolute atomic E-state index is 12.8. The smallest absolute Gasteiger partial charge is 0.420 e. The lowest BCUT2D eigenvalue weighted by molar-refractivity contribution is 0.0543. The fourth-order valence-electron chi connectivity index (χ4n) is 4.06. The van der Waals surface area contributed by atoms with E-state index in [-0.39, 0.29) is 0 Å². The van der Waals surface area contributed by atoms with Gasteiger partial charge >= 0.3 is 6.09 Å². The number of ether oxygens (including phenoxy) is 1. The van der Waals surface area contributed by atoms with E-state index < -0.39 is 11.7 Å². The van der Waals surface area contributed by atoms with Crippen molar-refractivity contribution in [1.29, 1.82) is 0 Å². The lowest BCUT2D eigenvalue weighted by Crippen LogP contribution is -2.33. The summed E-state index contributed by atoms with van der Waals surface area (Å²) in [5.74, 6) is 0.425. The SMILES string of the molecule is CC1C=C(c2cn(C(=O)OC(C)(C)C)c3ncccc23)CN(Cc2ccccc2)C1. The number of pyridine rings is 1. The molecule has 1 atom stereocenters. The van der Waals surface area contributed by atoms with Gasteiger partial charge in [0.05, 0.1) is 0 Å². The zero-order valence-electron chi connectivity index (χ0n) is 18.1. The number of hydrogen-bond donors (Lipinski definition) is 0. The fraction of sp³-hybridized carbons (Fsp3) is 0.360. The van der Waals surface area contributed by atoms with Crippen molar-refractivity contribution in [2.45, 2.75) is 39.8 Å². The molecule has 0 fully saturated rings. The van der Waals surface area contributed by atoms with Crippen LogP contribution >= 0.6 is 0 Å². The van der Waals surface area contributed by atoms with Crippen LogP contribution in [0.3, 0.4) is 0 Å². The minimum Gasteiger partial charge on any atom is -0.443 e. The van der Waals surface area contributed by atoms with Gasteiger partial charge in [-0.05, 0) is 50.0 Å². The molecule has 0 bridgehead atoms. The normalized spacial score (nSPS) is 17.7. The van der Waals surface area contributed by atoms with Crippen LogP contribution in [0.5, 0.6) is 0 Å². The molecular weight excluding hydrogens is 374 g/mol. The highest BCUT2D eigenvalue weighted by molar-refractivity contribution is 5.96. The van der Waals surface area contributed by atoms with E-state index in [0.717, 1.165) is 30.6 Å². The molecule has 0 saturated carbocycles. The van der Waals surface area contributed by atoms with E-state index in [4.69, 9.17) is 4.74 Å². The van der Waals surface area contributed by atoms with E-state index in [2.05, 4.69) is 47.1 Å². The highest BCUT2D eigenvalue weighted by atomic mass is 16.6. The summed E-state index contributed by atoms with van der Waals surface area (Å²) < 4.78 is 7.15. The molecule has 1 aliphatic heterocycles. The van der Waals surface area contributed by atoms with Gasteiger partial charge in [-0.25, -0.2) is 14.3 Å². The number of aromatic nitrogens is 2. The summed E-state index contributed by atoms with van der Waals surface area (Å²) >= 11 is 0. The predicted octanol–water partition coefficient (Wildman–Crippen LogP) is 5.35. The van der Waals surface area contributed by atoms with Crippen LogP contribution in [0.1, 0.15) is 38.8 Å². The third-order valence-electron chi connectivity index (χ3n) is 5.17. The van der Waals surface area contributed by atoms with Gasteiger partial charge in [0.25, 0.3) is 0 Å². The van der Waals surface area contributed by atoms with Gasteiger partial charge in [0.2, 0.25) is 0 Å². The van der Waals surface area contributed by atoms with Crippen LogP contribution in [-0.2, 0) is 11.3 Å². The first kappa shape index (κ1) is 20.4. The van der Waals surface area contributed by atoms with Gasteiger partial charge < -0.3 is 4.74 Å². The van der Waals surface area contributed by atoms with Gasteiger partial charge in [-0.3, -0.25) is 4.90 Å². The quantitative estimate of drug-likeness (QED) is 0.591. The minimum absolute atomic E-state index is 0.400. The third-order valence-corrected chi connectivity index (χ3v) is 5.17. The lowest BCUT2D eigenvalue weighted by atomic mass is 9.95. The van der Waals surface area contributed by atoms with E-state index in [0.29, 0.717) is 11.6 Å². The molecule has 1 aliphatic rings. The molecule has 0 aliphatic carbocycles. The van der Waals surface area contributed by atoms with Crippen LogP contribution in [0.25, 0.3) is 16.6 Å². The molecule has 0 radical (unpaired) electrons. The molecule has 2 aromatic heterocycles. The Balaban J connectivity index is 1.67. The number of fused-ring (bicyclic) bond motifs is 1. The second-order valence-corrected chi connectivity index (χ2v) is 9.09. The first-order chi connectivity index (χ1) is 14.3. The van der Waals surface area contributed by atoms with E-state index in [1.54, 1.807) is 6.20 Å². The monoisotopic (exact) mass is 403 g/mol. The summed E-state index contributed by atoms with van der Waals surface area (Å²) in [5, 5.41) is 0.975. The van der Waals surface area contributed by atoms with Crippen LogP contribution in [0.15, 0.2) is 60.9 Å². The molecule has 4 rings (SSSR count). The van der Waals surface area contributed by atoms with E-state index in [1.807, 2.05) is 45.2 Å². The Kier molecular flexibility index (Phi) is 5.48. The summed E-state index contributed by atoms with van der Waals surface area (Å²) in [6, 6.07) is 14.5. The van der Waals surface area contributed by atoms with Gasteiger partial charge in [-0.15, -0.1) is 0 Å². The molecule has 1 unspecified atom stereocenters. The number of carbonyl (C=O) groups is 1. The summed E-state index contributed by atoms with van der Waals surface area (Å²) in [5.41, 5.74) is 3.66. The Hall–Kier alpha value is -2.92. The first-order valence-electron chi connectivity index (χ1n) is 10.5. The third kappa shape index (κ3) is 4.46. The van der Waals surface area contributed by atoms with E-state index >= 15 is 0 Å². The maximum Gasteiger partial charge on any atom is 0.420 e. The Labute approximate surface area is 178 Å². The zero-order chi connectivity index (χ0) is 21.3. The number of nitrogens with zero attached hydrogens (tertiary/aromatic N) is 3. The molecular formula is C25H29N3O2. The number of benzene rings is 1. The van der Waals surface area contributed by atoms with Gasteiger partial charge in [0.1, 0.15) is 11.2 Å². The van der Waals surface area contributed by atoms with Crippen LogP contribution in [0, 0.1) is 5.92 Å². The molecule has 0 spiro atoms. The standard InChI is InChI=1S/C25H29N3O2/c1-18-13-20(16-27(14-18)15-19-9-6-5-7-10-19)22-17-28(24(29)30-25(2,3)4)23-21(22)11-8-12-26-23/h5-13,17-18H,14-16H2,1-4H3. The van der Waals surface area contributed by atoms with Crippen LogP contribution in [0.2, 0.25) is 0 Å². The van der Waals surface area contributed by atoms with Crippen molar-refractivity contribution in [1.82, 2.24) is 14.5 Å². The molecule has 3 aromatic rings. The number of rotatable bonds is 3. The molecule has 0 N–H and O–H groups in total. The highest BCUT2D eigenvalue weighted by Crippen LogP contribution is 2.31. The van der Waals surface area contributed by atoms with Crippen molar-refractivity contribution >= 4 is 22.7 Å². The summed E-state index contributed by atoms with van der Waals surface area (Å²) in [6.45, 7) is 10.6. The van der Waals surface area contributed by atoms with Crippen molar-refractivity contribution in [2.24, 2.45) is 5.92 Å². The van der Waals surface area contributed by atoms with Gasteiger partial charge in [-0.1, -0.05) is 43.3 Å². The summed E-state index contributed by atoms with van der Waals surface area (Å²) in [7, 11) is 0. The van der Waals surface area contributed by atoms with Crippen LogP contribution < -0.4 is 0 Å². The van der Waals surface area contributed by atoms with Crippen molar-refractivity contribution in [3.05, 3.63) is 72.1 Å². The average molecular weight is 404 g/mol. The Morgan fingerprint density at radius 1 is 1.17 bits per heavy atom. The van der Waals surface area contributed by atoms with E-state index in [1.165, 1.54) is 15.7 Å². The van der Waals surface area contributed by atoms with Crippen LogP contribution in [-0.4, -0.2) is 39.2 Å². The highest BCUT2D eigenvalue weighted by Gasteiger charge is 2.25. The van der Waals surface area contributed by atoms with Gasteiger partial charge in [-0.2, -0.15) is 0 Å². The molecule has 3 heterocycles. The topological polar surface area (TPSA) is 47.4 Å². The Bertz CT molecular complexity index is 1080. The fourth-order valence-corrected chi connectivity index (χ4v) is 4.06. The first-order valence-corrected chi connectivity index (χ1v) is 10.5. The van der Waals surface area contributed by atoms with Crippen molar-refractivity contribution in [2.75, 3.05) is 13.1 Å². The number of carbonyl (C=O) groups excluding carboxylic acids is 1. The Morgan fingerprint density at radius 2 is 1.93 bits per heavy atom. The van der Waals surface area contributed by atoms with E-state index in [9.17, 15) is 4.79 Å². The van der Waals surface area contributed by atoms with Crippen molar-refractivity contribution < 1.29 is 9.53 Å².